The molecule has 0 saturated carbocycles. The second kappa shape index (κ2) is 7.89. The molecule has 2 aromatic carbocycles. The number of rotatable bonds is 6. The first-order chi connectivity index (χ1) is 11.8. The van der Waals surface area contributed by atoms with Gasteiger partial charge < -0.3 is 4.74 Å². The van der Waals surface area contributed by atoms with Crippen LogP contribution < -0.4 is 4.31 Å². The molecule has 0 saturated heterocycles. The molecule has 0 aliphatic rings. The van der Waals surface area contributed by atoms with Crippen LogP contribution in [0.3, 0.4) is 0 Å². The van der Waals surface area contributed by atoms with E-state index >= 15 is 0 Å². The second-order valence-corrected chi connectivity index (χ2v) is 7.64. The molecule has 5 nitrogen and oxygen atoms in total. The Morgan fingerprint density at radius 3 is 2.32 bits per heavy atom. The first kappa shape index (κ1) is 19.3. The lowest BCUT2D eigenvalue weighted by atomic mass is 10.2. The average molecular weight is 382 g/mol. The molecule has 134 valence electrons. The van der Waals surface area contributed by atoms with Gasteiger partial charge in [-0.1, -0.05) is 29.3 Å². The smallest absolute Gasteiger partial charge is 0.339 e. The van der Waals surface area contributed by atoms with E-state index in [-0.39, 0.29) is 28.6 Å². The van der Waals surface area contributed by atoms with Gasteiger partial charge in [0.1, 0.15) is 0 Å². The van der Waals surface area contributed by atoms with Crippen LogP contribution in [0.15, 0.2) is 47.4 Å². The number of benzene rings is 2. The van der Waals surface area contributed by atoms with Gasteiger partial charge in [0.25, 0.3) is 10.0 Å². The summed E-state index contributed by atoms with van der Waals surface area (Å²) in [5, 5.41) is 0.214. The van der Waals surface area contributed by atoms with Gasteiger partial charge in [-0.25, -0.2) is 13.2 Å². The van der Waals surface area contributed by atoms with Crippen molar-refractivity contribution in [2.45, 2.75) is 25.7 Å². The highest BCUT2D eigenvalue weighted by Crippen LogP contribution is 2.28. The Hall–Kier alpha value is -2.05. The molecule has 2 rings (SSSR count). The number of sulfonamides is 1. The van der Waals surface area contributed by atoms with E-state index in [1.807, 2.05) is 6.92 Å². The Kier molecular flexibility index (Phi) is 6.08. The van der Waals surface area contributed by atoms with Gasteiger partial charge in [-0.2, -0.15) is 0 Å². The highest BCUT2D eigenvalue weighted by Gasteiger charge is 2.25. The first-order valence-corrected chi connectivity index (χ1v) is 9.69. The molecule has 0 spiro atoms. The van der Waals surface area contributed by atoms with Gasteiger partial charge in [-0.15, -0.1) is 0 Å². The lowest BCUT2D eigenvalue weighted by Crippen LogP contribution is -2.31. The molecular weight excluding hydrogens is 362 g/mol. The van der Waals surface area contributed by atoms with Gasteiger partial charge in [-0.05, 0) is 51.1 Å². The number of halogens is 1. The molecular formula is C18H20ClNO4S. The molecule has 2 aromatic rings. The lowest BCUT2D eigenvalue weighted by Gasteiger charge is -2.23. The summed E-state index contributed by atoms with van der Waals surface area (Å²) in [5.74, 6) is -0.585. The fourth-order valence-electron chi connectivity index (χ4n) is 2.36. The number of hydrogen-bond donors (Lipinski definition) is 0. The molecule has 0 aromatic heterocycles. The van der Waals surface area contributed by atoms with Crippen LogP contribution in [0.25, 0.3) is 0 Å². The Balaban J connectivity index is 2.48. The number of esters is 1. The van der Waals surface area contributed by atoms with E-state index in [1.54, 1.807) is 44.2 Å². The Morgan fingerprint density at radius 1 is 1.12 bits per heavy atom. The molecule has 25 heavy (non-hydrogen) atoms. The summed E-state index contributed by atoms with van der Waals surface area (Å²) in [6, 6.07) is 11.1. The lowest BCUT2D eigenvalue weighted by molar-refractivity contribution is 0.0526. The van der Waals surface area contributed by atoms with E-state index < -0.39 is 16.0 Å². The minimum Gasteiger partial charge on any atom is -0.462 e. The van der Waals surface area contributed by atoms with Gasteiger partial charge in [-0.3, -0.25) is 4.31 Å². The predicted molar refractivity (Wildman–Crippen MR) is 98.8 cm³/mol. The third kappa shape index (κ3) is 4.14. The Bertz CT molecular complexity index is 863. The summed E-state index contributed by atoms with van der Waals surface area (Å²) in [6.07, 6.45) is 0. The topological polar surface area (TPSA) is 63.7 Å². The van der Waals surface area contributed by atoms with Crippen molar-refractivity contribution in [3.05, 3.63) is 58.6 Å². The van der Waals surface area contributed by atoms with Gasteiger partial charge in [0.05, 0.1) is 27.8 Å². The van der Waals surface area contributed by atoms with Crippen molar-refractivity contribution < 1.29 is 17.9 Å². The van der Waals surface area contributed by atoms with E-state index in [1.165, 1.54) is 16.4 Å². The minimum absolute atomic E-state index is 0.138. The van der Waals surface area contributed by atoms with Crippen LogP contribution in [0.1, 0.15) is 29.8 Å². The molecule has 0 fully saturated rings. The van der Waals surface area contributed by atoms with Gasteiger partial charge in [0, 0.05) is 6.54 Å². The summed E-state index contributed by atoms with van der Waals surface area (Å²) < 4.78 is 32.1. The molecule has 0 heterocycles. The van der Waals surface area contributed by atoms with Crippen LogP contribution in [0, 0.1) is 6.92 Å². The van der Waals surface area contributed by atoms with Crippen LogP contribution in [0.4, 0.5) is 5.69 Å². The van der Waals surface area contributed by atoms with E-state index in [2.05, 4.69) is 0 Å². The molecule has 0 N–H and O–H groups in total. The maximum absolute atomic E-state index is 12.9. The average Bonchev–Trinajstić information content (AvgIpc) is 2.57. The van der Waals surface area contributed by atoms with Gasteiger partial charge >= 0.3 is 5.97 Å². The largest absolute Gasteiger partial charge is 0.462 e. The molecule has 0 atom stereocenters. The van der Waals surface area contributed by atoms with Crippen molar-refractivity contribution in [1.29, 1.82) is 0 Å². The van der Waals surface area contributed by atoms with Gasteiger partial charge in [0.15, 0.2) is 0 Å². The fourth-order valence-corrected chi connectivity index (χ4v) is 4.02. The van der Waals surface area contributed by atoms with Crippen molar-refractivity contribution in [2.24, 2.45) is 0 Å². The quantitative estimate of drug-likeness (QED) is 0.708. The maximum atomic E-state index is 12.9. The molecule has 0 amide bonds. The summed E-state index contributed by atoms with van der Waals surface area (Å²) in [4.78, 5) is 12.2. The third-order valence-electron chi connectivity index (χ3n) is 3.63. The number of anilines is 1. The molecule has 0 radical (unpaired) electrons. The van der Waals surface area contributed by atoms with Crippen molar-refractivity contribution >= 4 is 33.3 Å². The zero-order chi connectivity index (χ0) is 18.6. The monoisotopic (exact) mass is 381 g/mol. The third-order valence-corrected chi connectivity index (χ3v) is 5.88. The van der Waals surface area contributed by atoms with Crippen molar-refractivity contribution in [3.63, 3.8) is 0 Å². The van der Waals surface area contributed by atoms with Crippen molar-refractivity contribution in [3.8, 4) is 0 Å². The zero-order valence-corrected chi connectivity index (χ0v) is 15.9. The van der Waals surface area contributed by atoms with Crippen LogP contribution in [-0.4, -0.2) is 27.5 Å². The SMILES string of the molecule is CCOC(=O)c1cc(N(CC)S(=O)(=O)c2ccc(C)cc2)ccc1Cl. The van der Waals surface area contributed by atoms with Crippen LogP contribution >= 0.6 is 11.6 Å². The molecule has 0 bridgehead atoms. The Labute approximate surface area is 153 Å². The van der Waals surface area contributed by atoms with E-state index in [4.69, 9.17) is 16.3 Å². The Morgan fingerprint density at radius 2 is 1.76 bits per heavy atom. The normalized spacial score (nSPS) is 11.2. The van der Waals surface area contributed by atoms with Crippen molar-refractivity contribution in [2.75, 3.05) is 17.5 Å². The number of carbonyl (C=O) groups excluding carboxylic acids is 1. The standard InChI is InChI=1S/C18H20ClNO4S/c1-4-20(25(22,23)15-9-6-13(3)7-10-15)14-8-11-17(19)16(12-14)18(21)24-5-2/h6-12H,4-5H2,1-3H3. The molecule has 0 aliphatic carbocycles. The van der Waals surface area contributed by atoms with E-state index in [9.17, 15) is 13.2 Å². The number of ether oxygens (including phenoxy) is 1. The first-order valence-electron chi connectivity index (χ1n) is 7.87. The fraction of sp³-hybridized carbons (Fsp3) is 0.278. The predicted octanol–water partition coefficient (Wildman–Crippen LogP) is 4.04. The number of nitrogens with zero attached hydrogens (tertiary/aromatic N) is 1. The zero-order valence-electron chi connectivity index (χ0n) is 14.3. The number of hydrogen-bond acceptors (Lipinski definition) is 4. The molecule has 7 heteroatoms. The van der Waals surface area contributed by atoms with Crippen LogP contribution in [-0.2, 0) is 14.8 Å². The number of aryl methyl sites for hydroxylation is 1. The van der Waals surface area contributed by atoms with Crippen molar-refractivity contribution in [1.82, 2.24) is 0 Å². The maximum Gasteiger partial charge on any atom is 0.339 e. The molecule has 0 aliphatic heterocycles. The molecule has 0 unspecified atom stereocenters. The minimum atomic E-state index is -3.75. The van der Waals surface area contributed by atoms with E-state index in [0.717, 1.165) is 5.56 Å². The summed E-state index contributed by atoms with van der Waals surface area (Å²) in [7, 11) is -3.75. The van der Waals surface area contributed by atoms with Crippen LogP contribution in [0.2, 0.25) is 5.02 Å². The summed E-state index contributed by atoms with van der Waals surface area (Å²) in [6.45, 7) is 5.72. The summed E-state index contributed by atoms with van der Waals surface area (Å²) >= 11 is 6.05. The van der Waals surface area contributed by atoms with Crippen LogP contribution in [0.5, 0.6) is 0 Å². The highest BCUT2D eigenvalue weighted by molar-refractivity contribution is 7.92. The highest BCUT2D eigenvalue weighted by atomic mass is 35.5. The second-order valence-electron chi connectivity index (χ2n) is 5.37. The van der Waals surface area contributed by atoms with E-state index in [0.29, 0.717) is 5.69 Å². The summed E-state index contributed by atoms with van der Waals surface area (Å²) in [5.41, 5.74) is 1.46. The van der Waals surface area contributed by atoms with Gasteiger partial charge in [0.2, 0.25) is 0 Å². The number of carbonyl (C=O) groups is 1.